The third kappa shape index (κ3) is 2.63. The van der Waals surface area contributed by atoms with E-state index in [-0.39, 0.29) is 5.75 Å². The molecular formula is C17H18N2O3. The minimum atomic E-state index is -0.702. The number of rotatable bonds is 5. The average Bonchev–Trinajstić information content (AvgIpc) is 2.95. The second kappa shape index (κ2) is 5.69. The van der Waals surface area contributed by atoms with Gasteiger partial charge >= 0.3 is 0 Å². The summed E-state index contributed by atoms with van der Waals surface area (Å²) >= 11 is 0. The lowest BCUT2D eigenvalue weighted by atomic mass is 10.0. The van der Waals surface area contributed by atoms with Crippen LogP contribution in [0.1, 0.15) is 12.8 Å². The first-order chi connectivity index (χ1) is 10.6. The highest BCUT2D eigenvalue weighted by molar-refractivity contribution is 5.72. The van der Waals surface area contributed by atoms with Crippen molar-refractivity contribution >= 4 is 16.8 Å². The van der Waals surface area contributed by atoms with Crippen LogP contribution in [0.5, 0.6) is 5.75 Å². The maximum atomic E-state index is 9.97. The van der Waals surface area contributed by atoms with Gasteiger partial charge in [-0.1, -0.05) is 24.3 Å². The van der Waals surface area contributed by atoms with Gasteiger partial charge in [0.05, 0.1) is 12.3 Å². The molecule has 3 aromatic rings. The zero-order chi connectivity index (χ0) is 15.6. The van der Waals surface area contributed by atoms with Gasteiger partial charge in [-0.2, -0.15) is 0 Å². The van der Waals surface area contributed by atoms with Gasteiger partial charge in [-0.3, -0.25) is 0 Å². The molecule has 5 nitrogen and oxygen atoms in total. The lowest BCUT2D eigenvalue weighted by Gasteiger charge is -2.28. The summed E-state index contributed by atoms with van der Waals surface area (Å²) in [6.45, 7) is 2.27. The first kappa shape index (κ1) is 14.4. The standard InChI is InChI=1S/C17H18N2O3/c1-17(11-21-2,19-12-7-3-5-9-14(12)20)16-18-13-8-4-6-10-15(13)22-16/h3-10,19-20H,11H2,1-2H3. The Bertz CT molecular complexity index is 751. The Hall–Kier alpha value is -2.53. The van der Waals surface area contributed by atoms with Crippen molar-refractivity contribution in [1.82, 2.24) is 4.98 Å². The largest absolute Gasteiger partial charge is 0.506 e. The highest BCUT2D eigenvalue weighted by Crippen LogP contribution is 2.32. The van der Waals surface area contributed by atoms with E-state index in [4.69, 9.17) is 9.15 Å². The highest BCUT2D eigenvalue weighted by atomic mass is 16.5. The number of hydrogen-bond acceptors (Lipinski definition) is 5. The molecule has 0 saturated heterocycles. The second-order valence-corrected chi connectivity index (χ2v) is 5.39. The summed E-state index contributed by atoms with van der Waals surface area (Å²) in [5.74, 6) is 0.680. The molecule has 0 aliphatic heterocycles. The third-order valence-electron chi connectivity index (χ3n) is 3.51. The molecule has 2 N–H and O–H groups in total. The summed E-state index contributed by atoms with van der Waals surface area (Å²) < 4.78 is 11.2. The fraction of sp³-hybridized carbons (Fsp3) is 0.235. The van der Waals surface area contributed by atoms with Crippen LogP contribution in [0.4, 0.5) is 5.69 Å². The number of phenolic OH excluding ortho intramolecular Hbond substituents is 1. The Balaban J connectivity index is 2.01. The normalized spacial score (nSPS) is 13.9. The van der Waals surface area contributed by atoms with Gasteiger partial charge in [0.1, 0.15) is 16.8 Å². The highest BCUT2D eigenvalue weighted by Gasteiger charge is 2.33. The summed E-state index contributed by atoms with van der Waals surface area (Å²) in [4.78, 5) is 4.54. The topological polar surface area (TPSA) is 67.5 Å². The van der Waals surface area contributed by atoms with Gasteiger partial charge in [0, 0.05) is 7.11 Å². The van der Waals surface area contributed by atoms with Crippen LogP contribution in [-0.4, -0.2) is 23.8 Å². The molecule has 0 amide bonds. The number of phenols is 1. The summed E-state index contributed by atoms with van der Waals surface area (Å²) in [6.07, 6.45) is 0. The van der Waals surface area contributed by atoms with Crippen molar-refractivity contribution in [2.45, 2.75) is 12.5 Å². The van der Waals surface area contributed by atoms with Crippen LogP contribution >= 0.6 is 0 Å². The number of para-hydroxylation sites is 4. The number of benzene rings is 2. The molecule has 0 bridgehead atoms. The molecule has 22 heavy (non-hydrogen) atoms. The number of anilines is 1. The Morgan fingerprint density at radius 1 is 1.18 bits per heavy atom. The van der Waals surface area contributed by atoms with Gasteiger partial charge in [-0.15, -0.1) is 0 Å². The summed E-state index contributed by atoms with van der Waals surface area (Å²) in [6, 6.07) is 14.6. The second-order valence-electron chi connectivity index (χ2n) is 5.39. The van der Waals surface area contributed by atoms with Crippen LogP contribution in [0.25, 0.3) is 11.1 Å². The molecule has 0 fully saturated rings. The molecule has 2 aromatic carbocycles. The summed E-state index contributed by atoms with van der Waals surface area (Å²) in [5, 5.41) is 13.2. The number of fused-ring (bicyclic) bond motifs is 1. The zero-order valence-electron chi connectivity index (χ0n) is 12.5. The van der Waals surface area contributed by atoms with E-state index in [2.05, 4.69) is 10.3 Å². The zero-order valence-corrected chi connectivity index (χ0v) is 12.5. The van der Waals surface area contributed by atoms with E-state index in [1.54, 1.807) is 25.3 Å². The predicted molar refractivity (Wildman–Crippen MR) is 85.0 cm³/mol. The minimum absolute atomic E-state index is 0.168. The maximum absolute atomic E-state index is 9.97. The number of nitrogens with one attached hydrogen (secondary N) is 1. The smallest absolute Gasteiger partial charge is 0.223 e. The molecular weight excluding hydrogens is 280 g/mol. The molecule has 1 heterocycles. The van der Waals surface area contributed by atoms with Crippen molar-refractivity contribution in [3.8, 4) is 5.75 Å². The van der Waals surface area contributed by atoms with E-state index in [0.717, 1.165) is 11.1 Å². The molecule has 0 saturated carbocycles. The Labute approximate surface area is 128 Å². The minimum Gasteiger partial charge on any atom is -0.506 e. The Morgan fingerprint density at radius 2 is 1.91 bits per heavy atom. The van der Waals surface area contributed by atoms with E-state index in [1.807, 2.05) is 37.3 Å². The SMILES string of the molecule is COCC(C)(Nc1ccccc1O)c1nc2ccccc2o1. The quantitative estimate of drug-likeness (QED) is 0.706. The van der Waals surface area contributed by atoms with E-state index in [0.29, 0.717) is 18.2 Å². The monoisotopic (exact) mass is 298 g/mol. The number of aromatic nitrogens is 1. The first-order valence-corrected chi connectivity index (χ1v) is 7.03. The van der Waals surface area contributed by atoms with Crippen LogP contribution < -0.4 is 5.32 Å². The number of aromatic hydroxyl groups is 1. The lowest BCUT2D eigenvalue weighted by molar-refractivity contribution is 0.137. The predicted octanol–water partition coefficient (Wildman–Crippen LogP) is 3.51. The summed E-state index contributed by atoms with van der Waals surface area (Å²) in [7, 11) is 1.62. The fourth-order valence-corrected chi connectivity index (χ4v) is 2.42. The van der Waals surface area contributed by atoms with Crippen molar-refractivity contribution in [3.63, 3.8) is 0 Å². The van der Waals surface area contributed by atoms with E-state index >= 15 is 0 Å². The molecule has 3 rings (SSSR count). The number of oxazole rings is 1. The average molecular weight is 298 g/mol. The molecule has 0 aliphatic carbocycles. The first-order valence-electron chi connectivity index (χ1n) is 7.03. The van der Waals surface area contributed by atoms with Crippen LogP contribution in [-0.2, 0) is 10.3 Å². The molecule has 5 heteroatoms. The van der Waals surface area contributed by atoms with E-state index in [1.165, 1.54) is 0 Å². The van der Waals surface area contributed by atoms with Gasteiger partial charge in [0.2, 0.25) is 5.89 Å². The van der Waals surface area contributed by atoms with Gasteiger partial charge in [-0.05, 0) is 31.2 Å². The van der Waals surface area contributed by atoms with E-state index < -0.39 is 5.54 Å². The number of nitrogens with zero attached hydrogens (tertiary/aromatic N) is 1. The number of ether oxygens (including phenoxy) is 1. The molecule has 114 valence electrons. The van der Waals surface area contributed by atoms with Crippen molar-refractivity contribution in [1.29, 1.82) is 0 Å². The van der Waals surface area contributed by atoms with Crippen LogP contribution in [0, 0.1) is 0 Å². The molecule has 1 aromatic heterocycles. The maximum Gasteiger partial charge on any atom is 0.223 e. The molecule has 0 aliphatic rings. The van der Waals surface area contributed by atoms with Gasteiger partial charge in [0.25, 0.3) is 0 Å². The fourth-order valence-electron chi connectivity index (χ4n) is 2.42. The van der Waals surface area contributed by atoms with Gasteiger partial charge in [-0.25, -0.2) is 4.98 Å². The summed E-state index contributed by atoms with van der Waals surface area (Å²) in [5.41, 5.74) is 1.41. The van der Waals surface area contributed by atoms with Crippen molar-refractivity contribution in [2.24, 2.45) is 0 Å². The van der Waals surface area contributed by atoms with Crippen molar-refractivity contribution in [3.05, 3.63) is 54.4 Å². The molecule has 1 atom stereocenters. The Morgan fingerprint density at radius 3 is 2.64 bits per heavy atom. The molecule has 0 spiro atoms. The molecule has 1 unspecified atom stereocenters. The van der Waals surface area contributed by atoms with Crippen molar-refractivity contribution < 1.29 is 14.3 Å². The van der Waals surface area contributed by atoms with Crippen LogP contribution in [0.3, 0.4) is 0 Å². The third-order valence-corrected chi connectivity index (χ3v) is 3.51. The molecule has 0 radical (unpaired) electrons. The van der Waals surface area contributed by atoms with Crippen LogP contribution in [0.15, 0.2) is 52.9 Å². The number of methoxy groups -OCH3 is 1. The Kier molecular flexibility index (Phi) is 3.73. The van der Waals surface area contributed by atoms with Crippen LogP contribution in [0.2, 0.25) is 0 Å². The van der Waals surface area contributed by atoms with Gasteiger partial charge < -0.3 is 19.6 Å². The van der Waals surface area contributed by atoms with Gasteiger partial charge in [0.15, 0.2) is 5.58 Å². The van der Waals surface area contributed by atoms with Crippen molar-refractivity contribution in [2.75, 3.05) is 19.0 Å². The lowest BCUT2D eigenvalue weighted by Crippen LogP contribution is -2.37. The van der Waals surface area contributed by atoms with E-state index in [9.17, 15) is 5.11 Å². The number of hydrogen-bond donors (Lipinski definition) is 2.